The highest BCUT2D eigenvalue weighted by Gasteiger charge is 2.30. The van der Waals surface area contributed by atoms with E-state index in [0.717, 1.165) is 69.8 Å². The SMILES string of the molecule is O=C(C1CSCN1)N1CCC(CN2CCOCC2)CC1. The van der Waals surface area contributed by atoms with Crippen LogP contribution in [0.25, 0.3) is 0 Å². The standard InChI is InChI=1S/C14H25N3O2S/c18-14(13-10-20-11-15-13)17-3-1-12(2-4-17)9-16-5-7-19-8-6-16/h12-13,15H,1-11H2. The number of ether oxygens (including phenoxy) is 1. The van der Waals surface area contributed by atoms with E-state index in [-0.39, 0.29) is 6.04 Å². The molecule has 0 aromatic heterocycles. The smallest absolute Gasteiger partial charge is 0.240 e. The van der Waals surface area contributed by atoms with Crippen molar-refractivity contribution in [2.45, 2.75) is 18.9 Å². The molecule has 20 heavy (non-hydrogen) atoms. The van der Waals surface area contributed by atoms with E-state index in [1.165, 1.54) is 6.54 Å². The van der Waals surface area contributed by atoms with Crippen LogP contribution in [0.2, 0.25) is 0 Å². The summed E-state index contributed by atoms with van der Waals surface area (Å²) in [6, 6.07) is 0.0655. The predicted octanol–water partition coefficient (Wildman–Crippen LogP) is 0.220. The number of morpholine rings is 1. The molecule has 5 nitrogen and oxygen atoms in total. The number of hydrogen-bond donors (Lipinski definition) is 1. The van der Waals surface area contributed by atoms with Crippen LogP contribution in [0.5, 0.6) is 0 Å². The average molecular weight is 299 g/mol. The molecule has 3 fully saturated rings. The Morgan fingerprint density at radius 1 is 1.20 bits per heavy atom. The molecular formula is C14H25N3O2S. The lowest BCUT2D eigenvalue weighted by molar-refractivity contribution is -0.134. The summed E-state index contributed by atoms with van der Waals surface area (Å²) in [5.74, 6) is 2.93. The van der Waals surface area contributed by atoms with Crippen molar-refractivity contribution in [3.05, 3.63) is 0 Å². The fourth-order valence-corrected chi connectivity index (χ4v) is 4.19. The lowest BCUT2D eigenvalue weighted by Crippen LogP contribution is -2.49. The minimum absolute atomic E-state index is 0.0655. The average Bonchev–Trinajstić information content (AvgIpc) is 3.03. The normalized spacial score (nSPS) is 29.8. The molecule has 1 atom stereocenters. The summed E-state index contributed by atoms with van der Waals surface area (Å²) < 4.78 is 5.39. The van der Waals surface area contributed by atoms with Gasteiger partial charge in [-0.1, -0.05) is 0 Å². The van der Waals surface area contributed by atoms with Crippen molar-refractivity contribution in [1.29, 1.82) is 0 Å². The number of likely N-dealkylation sites (tertiary alicyclic amines) is 1. The van der Waals surface area contributed by atoms with Crippen LogP contribution in [0.4, 0.5) is 0 Å². The van der Waals surface area contributed by atoms with Gasteiger partial charge in [-0.15, -0.1) is 11.8 Å². The van der Waals surface area contributed by atoms with E-state index in [9.17, 15) is 4.79 Å². The number of carbonyl (C=O) groups excluding carboxylic acids is 1. The second-order valence-corrected chi connectivity index (χ2v) is 6.98. The molecule has 3 aliphatic rings. The molecule has 0 saturated carbocycles. The van der Waals surface area contributed by atoms with Gasteiger partial charge in [0.15, 0.2) is 0 Å². The highest BCUT2D eigenvalue weighted by atomic mass is 32.2. The van der Waals surface area contributed by atoms with E-state index in [1.54, 1.807) is 0 Å². The van der Waals surface area contributed by atoms with Crippen molar-refractivity contribution in [3.63, 3.8) is 0 Å². The Bertz CT molecular complexity index is 322. The van der Waals surface area contributed by atoms with Gasteiger partial charge >= 0.3 is 0 Å². The van der Waals surface area contributed by atoms with Gasteiger partial charge in [0.1, 0.15) is 0 Å². The van der Waals surface area contributed by atoms with Gasteiger partial charge < -0.3 is 9.64 Å². The van der Waals surface area contributed by atoms with Crippen molar-refractivity contribution in [3.8, 4) is 0 Å². The van der Waals surface area contributed by atoms with Gasteiger partial charge in [0.2, 0.25) is 5.91 Å². The fraction of sp³-hybridized carbons (Fsp3) is 0.929. The summed E-state index contributed by atoms with van der Waals surface area (Å²) in [6.07, 6.45) is 2.31. The van der Waals surface area contributed by atoms with Crippen LogP contribution >= 0.6 is 11.8 Å². The monoisotopic (exact) mass is 299 g/mol. The van der Waals surface area contributed by atoms with Crippen LogP contribution in [0, 0.1) is 5.92 Å². The molecule has 0 spiro atoms. The molecule has 114 valence electrons. The van der Waals surface area contributed by atoms with E-state index >= 15 is 0 Å². The summed E-state index contributed by atoms with van der Waals surface area (Å²) >= 11 is 1.82. The van der Waals surface area contributed by atoms with Crippen molar-refractivity contribution >= 4 is 17.7 Å². The number of nitrogens with zero attached hydrogens (tertiary/aromatic N) is 2. The highest BCUT2D eigenvalue weighted by molar-refractivity contribution is 7.99. The summed E-state index contributed by atoms with van der Waals surface area (Å²) in [6.45, 7) is 6.96. The van der Waals surface area contributed by atoms with Crippen LogP contribution in [-0.2, 0) is 9.53 Å². The molecule has 1 amide bonds. The van der Waals surface area contributed by atoms with E-state index in [0.29, 0.717) is 5.91 Å². The van der Waals surface area contributed by atoms with Gasteiger partial charge in [-0.2, -0.15) is 0 Å². The van der Waals surface area contributed by atoms with Crippen LogP contribution in [0.3, 0.4) is 0 Å². The predicted molar refractivity (Wildman–Crippen MR) is 80.8 cm³/mol. The maximum Gasteiger partial charge on any atom is 0.240 e. The van der Waals surface area contributed by atoms with Crippen molar-refractivity contribution < 1.29 is 9.53 Å². The van der Waals surface area contributed by atoms with Gasteiger partial charge in [-0.25, -0.2) is 0 Å². The molecule has 0 aromatic rings. The maximum absolute atomic E-state index is 12.3. The Labute approximate surface area is 125 Å². The van der Waals surface area contributed by atoms with Crippen LogP contribution in [-0.4, -0.2) is 79.3 Å². The maximum atomic E-state index is 12.3. The number of thioether (sulfide) groups is 1. The van der Waals surface area contributed by atoms with E-state index in [1.807, 2.05) is 11.8 Å². The number of rotatable bonds is 3. The van der Waals surface area contributed by atoms with Gasteiger partial charge in [0.25, 0.3) is 0 Å². The zero-order valence-electron chi connectivity index (χ0n) is 12.1. The lowest BCUT2D eigenvalue weighted by atomic mass is 9.95. The molecule has 1 N–H and O–H groups in total. The van der Waals surface area contributed by atoms with Gasteiger partial charge in [0.05, 0.1) is 19.3 Å². The third-order valence-electron chi connectivity index (χ3n) is 4.56. The van der Waals surface area contributed by atoms with Crippen molar-refractivity contribution in [1.82, 2.24) is 15.1 Å². The fourth-order valence-electron chi connectivity index (χ4n) is 3.26. The summed E-state index contributed by atoms with van der Waals surface area (Å²) in [4.78, 5) is 16.9. The molecule has 6 heteroatoms. The summed E-state index contributed by atoms with van der Waals surface area (Å²) in [5.41, 5.74) is 0. The largest absolute Gasteiger partial charge is 0.379 e. The Morgan fingerprint density at radius 2 is 1.95 bits per heavy atom. The second kappa shape index (κ2) is 7.11. The molecule has 3 rings (SSSR count). The van der Waals surface area contributed by atoms with Gasteiger partial charge in [0, 0.05) is 44.4 Å². The third-order valence-corrected chi connectivity index (χ3v) is 5.50. The van der Waals surface area contributed by atoms with Crippen LogP contribution in [0.1, 0.15) is 12.8 Å². The third kappa shape index (κ3) is 3.67. The van der Waals surface area contributed by atoms with E-state index < -0.39 is 0 Å². The van der Waals surface area contributed by atoms with Crippen LogP contribution < -0.4 is 5.32 Å². The summed E-state index contributed by atoms with van der Waals surface area (Å²) in [7, 11) is 0. The highest BCUT2D eigenvalue weighted by Crippen LogP contribution is 2.21. The first-order valence-corrected chi connectivity index (χ1v) is 8.88. The van der Waals surface area contributed by atoms with Crippen LogP contribution in [0.15, 0.2) is 0 Å². The number of hydrogen-bond acceptors (Lipinski definition) is 5. The Kier molecular flexibility index (Phi) is 5.20. The number of nitrogens with one attached hydrogen (secondary N) is 1. The molecular weight excluding hydrogens is 274 g/mol. The first-order chi connectivity index (χ1) is 9.83. The quantitative estimate of drug-likeness (QED) is 0.808. The lowest BCUT2D eigenvalue weighted by Gasteiger charge is -2.36. The Hall–Kier alpha value is -0.300. The molecule has 3 heterocycles. The number of amides is 1. The number of piperidine rings is 1. The topological polar surface area (TPSA) is 44.8 Å². The van der Waals surface area contributed by atoms with Gasteiger partial charge in [-0.3, -0.25) is 15.0 Å². The first kappa shape index (κ1) is 14.6. The molecule has 0 aromatic carbocycles. The molecule has 1 unspecified atom stereocenters. The molecule has 0 aliphatic carbocycles. The minimum Gasteiger partial charge on any atom is -0.379 e. The number of carbonyl (C=O) groups is 1. The van der Waals surface area contributed by atoms with E-state index in [4.69, 9.17) is 4.74 Å². The summed E-state index contributed by atoms with van der Waals surface area (Å²) in [5, 5.41) is 3.28. The molecule has 3 saturated heterocycles. The zero-order chi connectivity index (χ0) is 13.8. The van der Waals surface area contributed by atoms with Gasteiger partial charge in [-0.05, 0) is 18.8 Å². The van der Waals surface area contributed by atoms with E-state index in [2.05, 4.69) is 15.1 Å². The molecule has 3 aliphatic heterocycles. The molecule has 0 radical (unpaired) electrons. The van der Waals surface area contributed by atoms with Crippen molar-refractivity contribution in [2.24, 2.45) is 5.92 Å². The second-order valence-electron chi connectivity index (χ2n) is 5.95. The Morgan fingerprint density at radius 3 is 2.60 bits per heavy atom. The minimum atomic E-state index is 0.0655. The first-order valence-electron chi connectivity index (χ1n) is 7.73. The zero-order valence-corrected chi connectivity index (χ0v) is 12.9. The Balaban J connectivity index is 1.40. The van der Waals surface area contributed by atoms with Crippen molar-refractivity contribution in [2.75, 3.05) is 57.6 Å². The molecule has 0 bridgehead atoms.